The Balaban J connectivity index is 2.96. The maximum absolute atomic E-state index is 13.0. The van der Waals surface area contributed by atoms with Crippen molar-refractivity contribution in [3.05, 3.63) is 29.6 Å². The third kappa shape index (κ3) is 5.34. The van der Waals surface area contributed by atoms with Gasteiger partial charge in [0.2, 0.25) is 0 Å². The number of carboxylic acids is 1. The molecule has 0 fully saturated rings. The van der Waals surface area contributed by atoms with Crippen LogP contribution in [-0.4, -0.2) is 34.2 Å². The monoisotopic (exact) mass is 318 g/mol. The second-order valence-electron chi connectivity index (χ2n) is 6.05. The summed E-state index contributed by atoms with van der Waals surface area (Å²) in [5.74, 6) is -2.42. The quantitative estimate of drug-likeness (QED) is 0.894. The van der Waals surface area contributed by atoms with Gasteiger partial charge in [0, 0.05) is 0 Å². The van der Waals surface area contributed by atoms with E-state index in [2.05, 4.69) is 4.98 Å². The van der Waals surface area contributed by atoms with Gasteiger partial charge in [-0.25, -0.2) is 9.78 Å². The molecule has 0 saturated carbocycles. The number of nitrogens with one attached hydrogen (secondary N) is 1. The van der Waals surface area contributed by atoms with Gasteiger partial charge in [0.15, 0.2) is 0 Å². The van der Waals surface area contributed by atoms with E-state index in [9.17, 15) is 22.8 Å². The van der Waals surface area contributed by atoms with Crippen molar-refractivity contribution in [2.24, 2.45) is 5.41 Å². The Bertz CT molecular complexity index is 565. The molecule has 5 nitrogen and oxygen atoms in total. The molecule has 22 heavy (non-hydrogen) atoms. The number of rotatable bonds is 4. The van der Waals surface area contributed by atoms with Crippen molar-refractivity contribution in [2.45, 2.75) is 39.4 Å². The third-order valence-corrected chi connectivity index (χ3v) is 2.72. The Morgan fingerprint density at radius 2 is 1.77 bits per heavy atom. The molecule has 1 heterocycles. The minimum Gasteiger partial charge on any atom is -0.477 e. The van der Waals surface area contributed by atoms with Gasteiger partial charge in [-0.05, 0) is 24.0 Å². The van der Waals surface area contributed by atoms with E-state index in [1.807, 2.05) is 5.32 Å². The van der Waals surface area contributed by atoms with E-state index >= 15 is 0 Å². The molecular weight excluding hydrogens is 301 g/mol. The zero-order chi connectivity index (χ0) is 17.1. The van der Waals surface area contributed by atoms with Crippen molar-refractivity contribution in [1.82, 2.24) is 10.3 Å². The van der Waals surface area contributed by atoms with Crippen LogP contribution in [0.4, 0.5) is 13.2 Å². The Hall–Kier alpha value is -2.12. The second-order valence-corrected chi connectivity index (χ2v) is 6.05. The van der Waals surface area contributed by atoms with E-state index in [0.717, 1.165) is 12.1 Å². The van der Waals surface area contributed by atoms with Gasteiger partial charge in [-0.1, -0.05) is 26.8 Å². The number of aromatic carboxylic acids is 1. The molecule has 0 aliphatic carbocycles. The van der Waals surface area contributed by atoms with Crippen LogP contribution in [0, 0.1) is 5.41 Å². The lowest BCUT2D eigenvalue weighted by Crippen LogP contribution is -2.47. The summed E-state index contributed by atoms with van der Waals surface area (Å²) in [6.07, 6.45) is -4.91. The first-order valence-corrected chi connectivity index (χ1v) is 6.48. The van der Waals surface area contributed by atoms with Gasteiger partial charge in [-0.15, -0.1) is 0 Å². The highest BCUT2D eigenvalue weighted by atomic mass is 19.4. The van der Waals surface area contributed by atoms with Crippen LogP contribution in [0.5, 0.6) is 0 Å². The molecule has 1 atom stereocenters. The Labute approximate surface area is 125 Å². The van der Waals surface area contributed by atoms with E-state index in [4.69, 9.17) is 5.11 Å². The van der Waals surface area contributed by atoms with Gasteiger partial charge < -0.3 is 10.4 Å². The van der Waals surface area contributed by atoms with Crippen LogP contribution in [0.25, 0.3) is 0 Å². The Morgan fingerprint density at radius 3 is 2.23 bits per heavy atom. The molecule has 0 aromatic carbocycles. The van der Waals surface area contributed by atoms with Crippen molar-refractivity contribution in [3.8, 4) is 0 Å². The highest BCUT2D eigenvalue weighted by molar-refractivity contribution is 5.94. The number of amides is 1. The lowest BCUT2D eigenvalue weighted by molar-refractivity contribution is -0.159. The van der Waals surface area contributed by atoms with Gasteiger partial charge in [0.1, 0.15) is 17.4 Å². The predicted octanol–water partition coefficient (Wildman–Crippen LogP) is 2.88. The normalized spacial score (nSPS) is 13.5. The second kappa shape index (κ2) is 6.33. The fourth-order valence-electron chi connectivity index (χ4n) is 1.77. The van der Waals surface area contributed by atoms with Gasteiger partial charge >= 0.3 is 12.1 Å². The number of hydrogen-bond donors (Lipinski definition) is 2. The van der Waals surface area contributed by atoms with Crippen LogP contribution >= 0.6 is 0 Å². The number of alkyl halides is 3. The minimum atomic E-state index is -4.60. The smallest absolute Gasteiger partial charge is 0.408 e. The average Bonchev–Trinajstić information content (AvgIpc) is 2.35. The van der Waals surface area contributed by atoms with Crippen molar-refractivity contribution in [2.75, 3.05) is 0 Å². The molecule has 1 rings (SSSR count). The molecule has 0 aliphatic rings. The van der Waals surface area contributed by atoms with Gasteiger partial charge in [-0.3, -0.25) is 4.79 Å². The van der Waals surface area contributed by atoms with Crippen molar-refractivity contribution < 1.29 is 27.9 Å². The van der Waals surface area contributed by atoms with Crippen LogP contribution in [0.15, 0.2) is 18.2 Å². The highest BCUT2D eigenvalue weighted by Crippen LogP contribution is 2.30. The number of pyridine rings is 1. The lowest BCUT2D eigenvalue weighted by atomic mass is 9.88. The van der Waals surface area contributed by atoms with Crippen LogP contribution in [0.2, 0.25) is 0 Å². The maximum Gasteiger partial charge on any atom is 0.408 e. The fourth-order valence-corrected chi connectivity index (χ4v) is 1.77. The largest absolute Gasteiger partial charge is 0.477 e. The number of halogens is 3. The summed E-state index contributed by atoms with van der Waals surface area (Å²) in [4.78, 5) is 26.2. The summed E-state index contributed by atoms with van der Waals surface area (Å²) in [6.45, 7) is 4.88. The zero-order valence-corrected chi connectivity index (χ0v) is 12.4. The summed E-state index contributed by atoms with van der Waals surface area (Å²) in [5.41, 5.74) is -1.43. The van der Waals surface area contributed by atoms with Crippen LogP contribution < -0.4 is 5.32 Å². The molecular formula is C14H17F3N2O3. The van der Waals surface area contributed by atoms with E-state index in [1.54, 1.807) is 20.8 Å². The molecule has 0 saturated heterocycles. The van der Waals surface area contributed by atoms with Crippen molar-refractivity contribution in [3.63, 3.8) is 0 Å². The van der Waals surface area contributed by atoms with E-state index in [1.165, 1.54) is 6.07 Å². The average molecular weight is 318 g/mol. The predicted molar refractivity (Wildman–Crippen MR) is 72.6 cm³/mol. The van der Waals surface area contributed by atoms with Crippen LogP contribution in [-0.2, 0) is 0 Å². The van der Waals surface area contributed by atoms with Gasteiger partial charge in [0.05, 0.1) is 0 Å². The number of nitrogens with zero attached hydrogens (tertiary/aromatic N) is 1. The number of carbonyl (C=O) groups is 2. The molecule has 0 bridgehead atoms. The first-order chi connectivity index (χ1) is 9.90. The molecule has 1 aromatic rings. The third-order valence-electron chi connectivity index (χ3n) is 2.72. The van der Waals surface area contributed by atoms with Crippen molar-refractivity contribution >= 4 is 11.9 Å². The van der Waals surface area contributed by atoms with Gasteiger partial charge in [-0.2, -0.15) is 13.2 Å². The lowest BCUT2D eigenvalue weighted by Gasteiger charge is -2.28. The number of aromatic nitrogens is 1. The molecule has 0 aliphatic heterocycles. The standard InChI is InChI=1S/C14H17F3N2O3/c1-13(2,3)7-10(14(15,16)17)19-11(20)8-5-4-6-9(18-8)12(21)22/h4-6,10H,7H2,1-3H3,(H,19,20)(H,21,22). The number of hydrogen-bond acceptors (Lipinski definition) is 3. The maximum atomic E-state index is 13.0. The molecule has 122 valence electrons. The van der Waals surface area contributed by atoms with Crippen LogP contribution in [0.1, 0.15) is 48.2 Å². The number of carboxylic acid groups (broad SMARTS) is 1. The summed E-state index contributed by atoms with van der Waals surface area (Å²) >= 11 is 0. The molecule has 1 aromatic heterocycles. The topological polar surface area (TPSA) is 79.3 Å². The summed E-state index contributed by atoms with van der Waals surface area (Å²) in [6, 6.07) is 1.52. The van der Waals surface area contributed by atoms with Crippen molar-refractivity contribution in [1.29, 1.82) is 0 Å². The van der Waals surface area contributed by atoms with E-state index < -0.39 is 35.2 Å². The summed E-state index contributed by atoms with van der Waals surface area (Å²) < 4.78 is 39.0. The Morgan fingerprint density at radius 1 is 1.23 bits per heavy atom. The Kier molecular flexibility index (Phi) is 5.16. The molecule has 8 heteroatoms. The molecule has 0 radical (unpaired) electrons. The highest BCUT2D eigenvalue weighted by Gasteiger charge is 2.42. The molecule has 1 amide bonds. The van der Waals surface area contributed by atoms with Gasteiger partial charge in [0.25, 0.3) is 5.91 Å². The van der Waals surface area contributed by atoms with Crippen LogP contribution in [0.3, 0.4) is 0 Å². The first kappa shape index (κ1) is 17.9. The molecule has 1 unspecified atom stereocenters. The summed E-state index contributed by atoms with van der Waals surface area (Å²) in [5, 5.41) is 10.7. The first-order valence-electron chi connectivity index (χ1n) is 6.48. The zero-order valence-electron chi connectivity index (χ0n) is 12.4. The van der Waals surface area contributed by atoms with E-state index in [-0.39, 0.29) is 12.1 Å². The summed E-state index contributed by atoms with van der Waals surface area (Å²) in [7, 11) is 0. The molecule has 2 N–H and O–H groups in total. The SMILES string of the molecule is CC(C)(C)CC(NC(=O)c1cccc(C(=O)O)n1)C(F)(F)F. The fraction of sp³-hybridized carbons (Fsp3) is 0.500. The molecule has 0 spiro atoms. The minimum absolute atomic E-state index is 0.305. The van der Waals surface area contributed by atoms with E-state index in [0.29, 0.717) is 0 Å². The number of carbonyl (C=O) groups excluding carboxylic acids is 1.